The monoisotopic (exact) mass is 334 g/mol. The Morgan fingerprint density at radius 3 is 2.62 bits per heavy atom. The molecule has 0 aliphatic rings. The Bertz CT molecular complexity index is 684. The van der Waals surface area contributed by atoms with Gasteiger partial charge in [0.2, 0.25) is 0 Å². The summed E-state index contributed by atoms with van der Waals surface area (Å²) < 4.78 is 38.7. The average Bonchev–Trinajstić information content (AvgIpc) is 2.82. The van der Waals surface area contributed by atoms with Crippen molar-refractivity contribution in [3.05, 3.63) is 34.5 Å². The van der Waals surface area contributed by atoms with Crippen molar-refractivity contribution in [3.63, 3.8) is 0 Å². The quantitative estimate of drug-likeness (QED) is 0.390. The van der Waals surface area contributed by atoms with Crippen molar-refractivity contribution in [2.24, 2.45) is 10.9 Å². The number of hydrogen-bond acceptors (Lipinski definition) is 6. The molecule has 0 atom stereocenters. The van der Waals surface area contributed by atoms with Crippen LogP contribution >= 0.6 is 23.1 Å². The van der Waals surface area contributed by atoms with Gasteiger partial charge in [0.15, 0.2) is 10.2 Å². The molecule has 2 aromatic rings. The Morgan fingerprint density at radius 2 is 2.10 bits per heavy atom. The fourth-order valence-electron chi connectivity index (χ4n) is 1.39. The maximum absolute atomic E-state index is 12.7. The lowest BCUT2D eigenvalue weighted by molar-refractivity contribution is -0.141. The van der Waals surface area contributed by atoms with Crippen LogP contribution in [0.25, 0.3) is 0 Å². The van der Waals surface area contributed by atoms with Crippen LogP contribution in [-0.4, -0.2) is 21.0 Å². The number of oxime groups is 1. The molecule has 112 valence electrons. The van der Waals surface area contributed by atoms with Gasteiger partial charge in [-0.05, 0) is 30.8 Å². The van der Waals surface area contributed by atoms with Crippen molar-refractivity contribution in [2.45, 2.75) is 22.5 Å². The van der Waals surface area contributed by atoms with E-state index >= 15 is 0 Å². The molecule has 0 aliphatic heterocycles. The molecular formula is C11H9F3N4OS2. The molecule has 0 bridgehead atoms. The van der Waals surface area contributed by atoms with Crippen molar-refractivity contribution in [1.82, 2.24) is 9.97 Å². The molecule has 5 nitrogen and oxygen atoms in total. The van der Waals surface area contributed by atoms with E-state index < -0.39 is 11.9 Å². The number of aromatic nitrogens is 2. The van der Waals surface area contributed by atoms with Gasteiger partial charge in [0.1, 0.15) is 10.7 Å². The van der Waals surface area contributed by atoms with Crippen molar-refractivity contribution in [1.29, 1.82) is 0 Å². The van der Waals surface area contributed by atoms with Gasteiger partial charge in [-0.25, -0.2) is 9.97 Å². The van der Waals surface area contributed by atoms with Gasteiger partial charge in [-0.15, -0.1) is 11.3 Å². The van der Waals surface area contributed by atoms with E-state index in [1.807, 2.05) is 0 Å². The number of thiazole rings is 1. The Morgan fingerprint density at radius 1 is 1.38 bits per heavy atom. The molecule has 21 heavy (non-hydrogen) atoms. The number of hydrogen-bond donors (Lipinski definition) is 2. The molecule has 0 aromatic carbocycles. The maximum atomic E-state index is 12.7. The molecule has 2 heterocycles. The molecule has 2 aromatic heterocycles. The van der Waals surface area contributed by atoms with E-state index in [9.17, 15) is 13.2 Å². The van der Waals surface area contributed by atoms with E-state index in [4.69, 9.17) is 10.9 Å². The minimum Gasteiger partial charge on any atom is -0.409 e. The van der Waals surface area contributed by atoms with Gasteiger partial charge in [-0.2, -0.15) is 13.2 Å². The second-order valence-electron chi connectivity index (χ2n) is 3.89. The molecule has 0 amide bonds. The molecule has 0 spiro atoms. The molecule has 2 rings (SSSR count). The summed E-state index contributed by atoms with van der Waals surface area (Å²) in [5.41, 5.74) is 5.28. The van der Waals surface area contributed by atoms with Gasteiger partial charge in [-0.1, -0.05) is 5.16 Å². The van der Waals surface area contributed by atoms with E-state index in [1.54, 1.807) is 12.3 Å². The minimum absolute atomic E-state index is 0.0190. The summed E-state index contributed by atoms with van der Waals surface area (Å²) in [7, 11) is 0. The van der Waals surface area contributed by atoms with Crippen LogP contribution in [0.3, 0.4) is 0 Å². The normalized spacial score (nSPS) is 12.7. The number of alkyl halides is 3. The first kappa shape index (κ1) is 15.6. The highest BCUT2D eigenvalue weighted by atomic mass is 32.2. The third kappa shape index (κ3) is 3.64. The lowest BCUT2D eigenvalue weighted by Gasteiger charge is -2.10. The standard InChI is InChI=1S/C11H9F3N4OS2/c1-5-4-20-10(16-5)21-9-6(8(15)18-19)2-3-7(17-9)11(12,13)14/h2-4,19H,1H3,(H2,15,18). The van der Waals surface area contributed by atoms with Crippen LogP contribution in [0.15, 0.2) is 32.0 Å². The summed E-state index contributed by atoms with van der Waals surface area (Å²) in [5, 5.41) is 13.2. The molecule has 0 saturated heterocycles. The molecule has 10 heteroatoms. The van der Waals surface area contributed by atoms with E-state index in [0.717, 1.165) is 29.6 Å². The van der Waals surface area contributed by atoms with E-state index in [-0.39, 0.29) is 16.4 Å². The second kappa shape index (κ2) is 5.90. The lowest BCUT2D eigenvalue weighted by atomic mass is 10.2. The predicted octanol–water partition coefficient (Wildman–Crippen LogP) is 3.11. The second-order valence-corrected chi connectivity index (χ2v) is 5.98. The number of nitrogens with two attached hydrogens (primary N) is 1. The maximum Gasteiger partial charge on any atom is 0.433 e. The van der Waals surface area contributed by atoms with E-state index in [0.29, 0.717) is 4.34 Å². The Kier molecular flexibility index (Phi) is 4.37. The summed E-state index contributed by atoms with van der Waals surface area (Å²) in [6.45, 7) is 1.77. The lowest BCUT2D eigenvalue weighted by Crippen LogP contribution is -2.17. The van der Waals surface area contributed by atoms with Gasteiger partial charge in [-0.3, -0.25) is 0 Å². The number of nitrogens with zero attached hydrogens (tertiary/aromatic N) is 3. The summed E-state index contributed by atoms with van der Waals surface area (Å²) in [5.74, 6) is -0.313. The van der Waals surface area contributed by atoms with Crippen LogP contribution in [0.2, 0.25) is 0 Å². The Hall–Kier alpha value is -1.81. The summed E-state index contributed by atoms with van der Waals surface area (Å²) in [6, 6.07) is 1.90. The van der Waals surface area contributed by atoms with E-state index in [1.165, 1.54) is 11.3 Å². The molecular weight excluding hydrogens is 325 g/mol. The zero-order valence-electron chi connectivity index (χ0n) is 10.5. The number of amidine groups is 1. The fraction of sp³-hybridized carbons (Fsp3) is 0.182. The first-order valence-corrected chi connectivity index (χ1v) is 7.17. The van der Waals surface area contributed by atoms with Crippen molar-refractivity contribution < 1.29 is 18.4 Å². The highest BCUT2D eigenvalue weighted by molar-refractivity contribution is 8.01. The average molecular weight is 334 g/mol. The molecule has 0 fully saturated rings. The van der Waals surface area contributed by atoms with Crippen molar-refractivity contribution >= 4 is 28.9 Å². The van der Waals surface area contributed by atoms with Crippen LogP contribution in [-0.2, 0) is 6.18 Å². The SMILES string of the molecule is Cc1csc(Sc2nc(C(F)(F)F)ccc2C(N)=NO)n1. The fourth-order valence-corrected chi connectivity index (χ4v) is 3.26. The first-order valence-electron chi connectivity index (χ1n) is 5.47. The van der Waals surface area contributed by atoms with Crippen LogP contribution in [0.4, 0.5) is 13.2 Å². The molecule has 3 N–H and O–H groups in total. The third-order valence-electron chi connectivity index (χ3n) is 2.32. The van der Waals surface area contributed by atoms with E-state index in [2.05, 4.69) is 15.1 Å². The zero-order chi connectivity index (χ0) is 15.6. The van der Waals surface area contributed by atoms with Crippen LogP contribution < -0.4 is 5.73 Å². The molecule has 0 aliphatic carbocycles. The molecule has 0 unspecified atom stereocenters. The Labute approximate surface area is 125 Å². The van der Waals surface area contributed by atoms with Crippen LogP contribution in [0.5, 0.6) is 0 Å². The largest absolute Gasteiger partial charge is 0.433 e. The number of pyridine rings is 1. The third-order valence-corrected chi connectivity index (χ3v) is 4.38. The van der Waals surface area contributed by atoms with Gasteiger partial charge in [0.05, 0.1) is 5.56 Å². The molecule has 0 saturated carbocycles. The first-order chi connectivity index (χ1) is 9.81. The number of rotatable bonds is 3. The van der Waals surface area contributed by atoms with Crippen molar-refractivity contribution in [3.8, 4) is 0 Å². The van der Waals surface area contributed by atoms with Gasteiger partial charge >= 0.3 is 6.18 Å². The minimum atomic E-state index is -4.57. The summed E-state index contributed by atoms with van der Waals surface area (Å²) in [6.07, 6.45) is -4.57. The predicted molar refractivity (Wildman–Crippen MR) is 72.7 cm³/mol. The van der Waals surface area contributed by atoms with Gasteiger partial charge in [0, 0.05) is 11.1 Å². The highest BCUT2D eigenvalue weighted by Gasteiger charge is 2.33. The number of aryl methyl sites for hydroxylation is 1. The molecule has 0 radical (unpaired) electrons. The van der Waals surface area contributed by atoms with Crippen molar-refractivity contribution in [2.75, 3.05) is 0 Å². The Balaban J connectivity index is 2.48. The smallest absolute Gasteiger partial charge is 0.409 e. The van der Waals surface area contributed by atoms with Gasteiger partial charge < -0.3 is 10.9 Å². The highest BCUT2D eigenvalue weighted by Crippen LogP contribution is 2.34. The topological polar surface area (TPSA) is 84.4 Å². The zero-order valence-corrected chi connectivity index (χ0v) is 12.2. The van der Waals surface area contributed by atoms with Crippen LogP contribution in [0.1, 0.15) is 17.0 Å². The van der Waals surface area contributed by atoms with Gasteiger partial charge in [0.25, 0.3) is 0 Å². The van der Waals surface area contributed by atoms with Crippen LogP contribution in [0, 0.1) is 6.92 Å². The number of halogens is 3. The summed E-state index contributed by atoms with van der Waals surface area (Å²) >= 11 is 2.21. The summed E-state index contributed by atoms with van der Waals surface area (Å²) in [4.78, 5) is 7.69.